The average Bonchev–Trinajstić information content (AvgIpc) is 3.13. The molecule has 2 aromatic heterocycles. The van der Waals surface area contributed by atoms with Crippen LogP contribution < -0.4 is 10.2 Å². The fourth-order valence-corrected chi connectivity index (χ4v) is 3.71. The van der Waals surface area contributed by atoms with Crippen molar-refractivity contribution in [2.24, 2.45) is 4.99 Å². The van der Waals surface area contributed by atoms with E-state index in [-0.39, 0.29) is 5.41 Å². The van der Waals surface area contributed by atoms with Gasteiger partial charge in [-0.1, -0.05) is 20.8 Å². The van der Waals surface area contributed by atoms with E-state index in [4.69, 9.17) is 4.98 Å². The van der Waals surface area contributed by atoms with Crippen molar-refractivity contribution in [3.05, 3.63) is 34.5 Å². The first kappa shape index (κ1) is 18.6. The minimum absolute atomic E-state index is 0.0976. The van der Waals surface area contributed by atoms with Crippen LogP contribution in [-0.2, 0) is 12.0 Å². The number of anilines is 1. The molecular formula is C18H27N7S. The van der Waals surface area contributed by atoms with E-state index >= 15 is 0 Å². The van der Waals surface area contributed by atoms with Gasteiger partial charge in [-0.2, -0.15) is 0 Å². The average molecular weight is 374 g/mol. The van der Waals surface area contributed by atoms with Crippen LogP contribution in [0.1, 0.15) is 31.5 Å². The zero-order valence-corrected chi connectivity index (χ0v) is 16.8. The van der Waals surface area contributed by atoms with Crippen LogP contribution in [0.25, 0.3) is 0 Å². The Hall–Kier alpha value is -2.22. The fraction of sp³-hybridized carbons (Fsp3) is 0.556. The summed E-state index contributed by atoms with van der Waals surface area (Å²) in [4.78, 5) is 22.3. The zero-order valence-electron chi connectivity index (χ0n) is 15.9. The molecule has 0 spiro atoms. The molecule has 0 saturated carbocycles. The number of hydrogen-bond acceptors (Lipinski definition) is 6. The van der Waals surface area contributed by atoms with Crippen molar-refractivity contribution in [3.63, 3.8) is 0 Å². The van der Waals surface area contributed by atoms with Gasteiger partial charge in [0.1, 0.15) is 0 Å². The van der Waals surface area contributed by atoms with E-state index in [0.29, 0.717) is 6.54 Å². The number of aliphatic imine (C=N–C) groups is 1. The Morgan fingerprint density at radius 2 is 1.88 bits per heavy atom. The summed E-state index contributed by atoms with van der Waals surface area (Å²) in [6.07, 6.45) is 3.57. The predicted molar refractivity (Wildman–Crippen MR) is 107 cm³/mol. The second kappa shape index (κ2) is 7.99. The van der Waals surface area contributed by atoms with Crippen LogP contribution in [0.15, 0.2) is 28.8 Å². The molecule has 2 aromatic rings. The molecular weight excluding hydrogens is 346 g/mol. The number of piperazine rings is 1. The number of hydrogen-bond donors (Lipinski definition) is 1. The van der Waals surface area contributed by atoms with E-state index in [9.17, 15) is 0 Å². The molecule has 0 aliphatic carbocycles. The van der Waals surface area contributed by atoms with Gasteiger partial charge in [-0.05, 0) is 6.07 Å². The number of aromatic nitrogens is 3. The lowest BCUT2D eigenvalue weighted by molar-refractivity contribution is 0.370. The summed E-state index contributed by atoms with van der Waals surface area (Å²) in [5, 5.41) is 6.74. The van der Waals surface area contributed by atoms with E-state index in [1.54, 1.807) is 23.7 Å². The van der Waals surface area contributed by atoms with Gasteiger partial charge in [0.15, 0.2) is 5.96 Å². The Labute approximate surface area is 159 Å². The highest BCUT2D eigenvalue weighted by atomic mass is 32.1. The lowest BCUT2D eigenvalue weighted by Gasteiger charge is -2.36. The minimum Gasteiger partial charge on any atom is -0.351 e. The van der Waals surface area contributed by atoms with Crippen LogP contribution in [0.4, 0.5) is 5.95 Å². The molecule has 3 rings (SSSR count). The van der Waals surface area contributed by atoms with Crippen LogP contribution in [-0.4, -0.2) is 59.0 Å². The lowest BCUT2D eigenvalue weighted by Crippen LogP contribution is -2.52. The fourth-order valence-electron chi connectivity index (χ4n) is 2.81. The largest absolute Gasteiger partial charge is 0.351 e. The second-order valence-electron chi connectivity index (χ2n) is 7.32. The van der Waals surface area contributed by atoms with Crippen molar-refractivity contribution in [3.8, 4) is 0 Å². The van der Waals surface area contributed by atoms with Gasteiger partial charge in [0.05, 0.1) is 17.2 Å². The van der Waals surface area contributed by atoms with E-state index in [2.05, 4.69) is 56.2 Å². The van der Waals surface area contributed by atoms with Crippen LogP contribution in [0.3, 0.4) is 0 Å². The topological polar surface area (TPSA) is 69.5 Å². The molecule has 3 heterocycles. The maximum Gasteiger partial charge on any atom is 0.225 e. The highest BCUT2D eigenvalue weighted by Crippen LogP contribution is 2.25. The Balaban J connectivity index is 1.53. The van der Waals surface area contributed by atoms with Crippen molar-refractivity contribution in [1.29, 1.82) is 0 Å². The lowest BCUT2D eigenvalue weighted by atomic mass is 9.98. The maximum absolute atomic E-state index is 4.74. The summed E-state index contributed by atoms with van der Waals surface area (Å²) in [5.41, 5.74) is 1.16. The Bertz CT molecular complexity index is 727. The van der Waals surface area contributed by atoms with Crippen molar-refractivity contribution in [1.82, 2.24) is 25.2 Å². The zero-order chi connectivity index (χ0) is 18.6. The first-order valence-corrected chi connectivity index (χ1v) is 9.78. The third-order valence-electron chi connectivity index (χ3n) is 4.25. The van der Waals surface area contributed by atoms with Crippen LogP contribution in [0.2, 0.25) is 0 Å². The molecule has 0 aromatic carbocycles. The standard InChI is InChI=1S/C18H27N7S/c1-18(2,3)15-23-14(13-26-15)12-22-16(19-4)24-8-10-25(11-9-24)17-20-6-5-7-21-17/h5-7,13H,8-12H2,1-4H3,(H,19,22). The molecule has 1 aliphatic heterocycles. The molecule has 0 amide bonds. The third kappa shape index (κ3) is 4.49. The number of nitrogens with zero attached hydrogens (tertiary/aromatic N) is 6. The van der Waals surface area contributed by atoms with Gasteiger partial charge in [-0.15, -0.1) is 11.3 Å². The van der Waals surface area contributed by atoms with E-state index in [1.165, 1.54) is 5.01 Å². The van der Waals surface area contributed by atoms with Gasteiger partial charge in [0.2, 0.25) is 5.95 Å². The summed E-state index contributed by atoms with van der Waals surface area (Å²) in [6.45, 7) is 10.8. The molecule has 0 radical (unpaired) electrons. The highest BCUT2D eigenvalue weighted by Gasteiger charge is 2.22. The first-order chi connectivity index (χ1) is 12.5. The summed E-state index contributed by atoms with van der Waals surface area (Å²) in [7, 11) is 1.83. The van der Waals surface area contributed by atoms with Gasteiger partial charge < -0.3 is 15.1 Å². The summed E-state index contributed by atoms with van der Waals surface area (Å²) in [6, 6.07) is 1.84. The smallest absolute Gasteiger partial charge is 0.225 e. The van der Waals surface area contributed by atoms with E-state index in [1.807, 2.05) is 13.1 Å². The number of thiazole rings is 1. The molecule has 1 N–H and O–H groups in total. The van der Waals surface area contributed by atoms with Crippen molar-refractivity contribution in [2.45, 2.75) is 32.7 Å². The van der Waals surface area contributed by atoms with Crippen LogP contribution in [0.5, 0.6) is 0 Å². The van der Waals surface area contributed by atoms with Gasteiger partial charge >= 0.3 is 0 Å². The van der Waals surface area contributed by atoms with E-state index < -0.39 is 0 Å². The highest BCUT2D eigenvalue weighted by molar-refractivity contribution is 7.09. The Morgan fingerprint density at radius 3 is 2.46 bits per heavy atom. The molecule has 1 aliphatic rings. The SMILES string of the molecule is CN=C(NCc1csc(C(C)(C)C)n1)N1CCN(c2ncccn2)CC1. The monoisotopic (exact) mass is 373 g/mol. The van der Waals surface area contributed by atoms with Gasteiger partial charge in [0, 0.05) is 56.4 Å². The molecule has 7 nitrogen and oxygen atoms in total. The molecule has 8 heteroatoms. The Morgan fingerprint density at radius 1 is 1.19 bits per heavy atom. The van der Waals surface area contributed by atoms with Gasteiger partial charge in [-0.3, -0.25) is 4.99 Å². The molecule has 26 heavy (non-hydrogen) atoms. The Kier molecular flexibility index (Phi) is 5.70. The van der Waals surface area contributed by atoms with Crippen molar-refractivity contribution < 1.29 is 0 Å². The molecule has 1 saturated heterocycles. The maximum atomic E-state index is 4.74. The van der Waals surface area contributed by atoms with E-state index in [0.717, 1.165) is 43.8 Å². The predicted octanol–water partition coefficient (Wildman–Crippen LogP) is 2.13. The molecule has 0 bridgehead atoms. The quantitative estimate of drug-likeness (QED) is 0.657. The van der Waals surface area contributed by atoms with Gasteiger partial charge in [0.25, 0.3) is 0 Å². The summed E-state index contributed by atoms with van der Waals surface area (Å²) in [5.74, 6) is 1.72. The summed E-state index contributed by atoms with van der Waals surface area (Å²) < 4.78 is 0. The number of nitrogens with one attached hydrogen (secondary N) is 1. The second-order valence-corrected chi connectivity index (χ2v) is 8.18. The first-order valence-electron chi connectivity index (χ1n) is 8.90. The summed E-state index contributed by atoms with van der Waals surface area (Å²) >= 11 is 1.72. The van der Waals surface area contributed by atoms with Gasteiger partial charge in [-0.25, -0.2) is 15.0 Å². The third-order valence-corrected chi connectivity index (χ3v) is 5.56. The van der Waals surface area contributed by atoms with Crippen molar-refractivity contribution in [2.75, 3.05) is 38.1 Å². The molecule has 0 atom stereocenters. The number of guanidine groups is 1. The molecule has 1 fully saturated rings. The van der Waals surface area contributed by atoms with Crippen LogP contribution in [0, 0.1) is 0 Å². The minimum atomic E-state index is 0.0976. The molecule has 0 unspecified atom stereocenters. The molecule has 140 valence electrons. The number of rotatable bonds is 3. The van der Waals surface area contributed by atoms with Crippen molar-refractivity contribution >= 4 is 23.2 Å². The van der Waals surface area contributed by atoms with Crippen LogP contribution >= 0.6 is 11.3 Å². The normalized spacial score (nSPS) is 16.1.